The molecule has 0 aliphatic rings. The summed E-state index contributed by atoms with van der Waals surface area (Å²) < 4.78 is 3.06. The molecule has 0 radical (unpaired) electrons. The Balaban J connectivity index is 2.29. The second kappa shape index (κ2) is 4.31. The van der Waals surface area contributed by atoms with Gasteiger partial charge in [0.2, 0.25) is 5.65 Å². The molecule has 0 aliphatic heterocycles. The van der Waals surface area contributed by atoms with Gasteiger partial charge in [0.25, 0.3) is 0 Å². The van der Waals surface area contributed by atoms with Gasteiger partial charge in [0.15, 0.2) is 11.5 Å². The lowest BCUT2D eigenvalue weighted by Crippen LogP contribution is -2.21. The maximum atomic E-state index is 12.0. The van der Waals surface area contributed by atoms with Crippen LogP contribution in [0.1, 0.15) is 6.92 Å². The fourth-order valence-corrected chi connectivity index (χ4v) is 2.07. The monoisotopic (exact) mass is 255 g/mol. The van der Waals surface area contributed by atoms with Crippen molar-refractivity contribution in [1.82, 2.24) is 24.3 Å². The molecule has 0 bridgehead atoms. The van der Waals surface area contributed by atoms with Crippen LogP contribution in [0.15, 0.2) is 35.1 Å². The van der Waals surface area contributed by atoms with Crippen LogP contribution in [0.2, 0.25) is 0 Å². The van der Waals surface area contributed by atoms with Gasteiger partial charge in [-0.25, -0.2) is 9.78 Å². The Morgan fingerprint density at radius 1 is 1.11 bits per heavy atom. The number of aromatic nitrogens is 5. The third-order valence-corrected chi connectivity index (χ3v) is 3.09. The minimum atomic E-state index is -0.121. The summed E-state index contributed by atoms with van der Waals surface area (Å²) in [6.07, 6.45) is 0. The average molecular weight is 255 g/mol. The van der Waals surface area contributed by atoms with Crippen LogP contribution in [0.3, 0.4) is 0 Å². The zero-order valence-electron chi connectivity index (χ0n) is 10.7. The lowest BCUT2D eigenvalue weighted by atomic mass is 10.2. The quantitative estimate of drug-likeness (QED) is 0.690. The van der Waals surface area contributed by atoms with E-state index >= 15 is 0 Å². The summed E-state index contributed by atoms with van der Waals surface area (Å²) in [5, 5.41) is 8.21. The molecule has 0 saturated carbocycles. The average Bonchev–Trinajstić information content (AvgIpc) is 2.71. The topological polar surface area (TPSA) is 65.6 Å². The van der Waals surface area contributed by atoms with Crippen LogP contribution in [-0.2, 0) is 13.6 Å². The molecule has 19 heavy (non-hydrogen) atoms. The Bertz CT molecular complexity index is 788. The zero-order valence-corrected chi connectivity index (χ0v) is 10.7. The van der Waals surface area contributed by atoms with Crippen molar-refractivity contribution in [3.63, 3.8) is 0 Å². The van der Waals surface area contributed by atoms with Gasteiger partial charge in [0.1, 0.15) is 0 Å². The molecular formula is C13H13N5O. The van der Waals surface area contributed by atoms with Gasteiger partial charge in [0, 0.05) is 19.2 Å². The summed E-state index contributed by atoms with van der Waals surface area (Å²) in [5.74, 6) is 0.529. The molecule has 0 spiro atoms. The molecule has 96 valence electrons. The Morgan fingerprint density at radius 2 is 1.84 bits per heavy atom. The summed E-state index contributed by atoms with van der Waals surface area (Å²) in [4.78, 5) is 16.5. The second-order valence-corrected chi connectivity index (χ2v) is 4.23. The highest BCUT2D eigenvalue weighted by Crippen LogP contribution is 2.15. The van der Waals surface area contributed by atoms with Crippen LogP contribution in [-0.4, -0.2) is 24.3 Å². The van der Waals surface area contributed by atoms with E-state index in [-0.39, 0.29) is 5.69 Å². The highest BCUT2D eigenvalue weighted by atomic mass is 16.1. The largest absolute Gasteiger partial charge is 0.331 e. The number of aryl methyl sites for hydroxylation is 2. The van der Waals surface area contributed by atoms with Gasteiger partial charge in [-0.05, 0) is 6.92 Å². The number of fused-ring (bicyclic) bond motifs is 1. The maximum absolute atomic E-state index is 12.0. The van der Waals surface area contributed by atoms with E-state index in [1.165, 1.54) is 4.57 Å². The van der Waals surface area contributed by atoms with Crippen LogP contribution in [0.4, 0.5) is 0 Å². The molecule has 1 aromatic carbocycles. The van der Waals surface area contributed by atoms with Gasteiger partial charge in [-0.15, -0.1) is 10.2 Å². The van der Waals surface area contributed by atoms with Crippen molar-refractivity contribution in [2.75, 3.05) is 0 Å². The standard InChI is InChI=1S/C13H13N5O/c1-3-18-11-12(17(2)13(18)19)16-15-10(14-11)9-7-5-4-6-8-9/h4-8H,3H2,1-2H3. The lowest BCUT2D eigenvalue weighted by molar-refractivity contribution is 0.707. The van der Waals surface area contributed by atoms with Crippen LogP contribution >= 0.6 is 0 Å². The summed E-state index contributed by atoms with van der Waals surface area (Å²) in [5.41, 5.74) is 1.84. The van der Waals surface area contributed by atoms with Gasteiger partial charge in [-0.1, -0.05) is 30.3 Å². The van der Waals surface area contributed by atoms with E-state index in [9.17, 15) is 4.79 Å². The SMILES string of the molecule is CCn1c(=O)n(C)c2nnc(-c3ccccc3)nc21. The molecule has 0 N–H and O–H groups in total. The van der Waals surface area contributed by atoms with E-state index < -0.39 is 0 Å². The molecule has 0 unspecified atom stereocenters. The predicted molar refractivity (Wildman–Crippen MR) is 71.7 cm³/mol. The molecule has 6 heteroatoms. The second-order valence-electron chi connectivity index (χ2n) is 4.23. The molecule has 2 heterocycles. The molecule has 0 fully saturated rings. The van der Waals surface area contributed by atoms with E-state index in [4.69, 9.17) is 0 Å². The fourth-order valence-electron chi connectivity index (χ4n) is 2.07. The van der Waals surface area contributed by atoms with Gasteiger partial charge in [-0.2, -0.15) is 0 Å². The van der Waals surface area contributed by atoms with Gasteiger partial charge < -0.3 is 0 Å². The van der Waals surface area contributed by atoms with Crippen LogP contribution in [0.5, 0.6) is 0 Å². The molecule has 0 atom stereocenters. The Labute approximate surface area is 109 Å². The molecular weight excluding hydrogens is 242 g/mol. The normalized spacial score (nSPS) is 11.1. The number of hydrogen-bond donors (Lipinski definition) is 0. The van der Waals surface area contributed by atoms with E-state index in [1.807, 2.05) is 37.3 Å². The van der Waals surface area contributed by atoms with Gasteiger partial charge in [-0.3, -0.25) is 9.13 Å². The lowest BCUT2D eigenvalue weighted by Gasteiger charge is -2.00. The number of imidazole rings is 1. The minimum Gasteiger partial charge on any atom is -0.277 e. The number of hydrogen-bond acceptors (Lipinski definition) is 4. The molecule has 3 aromatic rings. The number of benzene rings is 1. The predicted octanol–water partition coefficient (Wildman–Crippen LogP) is 1.21. The van der Waals surface area contributed by atoms with Crippen molar-refractivity contribution < 1.29 is 0 Å². The number of nitrogens with zero attached hydrogens (tertiary/aromatic N) is 5. The number of rotatable bonds is 2. The van der Waals surface area contributed by atoms with Crippen LogP contribution < -0.4 is 5.69 Å². The first-order chi connectivity index (χ1) is 9.22. The third kappa shape index (κ3) is 1.72. The maximum Gasteiger partial charge on any atom is 0.331 e. The molecule has 0 aliphatic carbocycles. The van der Waals surface area contributed by atoms with E-state index in [0.717, 1.165) is 5.56 Å². The summed E-state index contributed by atoms with van der Waals surface area (Å²) in [6.45, 7) is 2.47. The third-order valence-electron chi connectivity index (χ3n) is 3.09. The van der Waals surface area contributed by atoms with E-state index in [1.54, 1.807) is 11.6 Å². The van der Waals surface area contributed by atoms with Crippen molar-refractivity contribution in [2.24, 2.45) is 7.05 Å². The first-order valence-electron chi connectivity index (χ1n) is 6.07. The summed E-state index contributed by atoms with van der Waals surface area (Å²) in [6, 6.07) is 9.60. The van der Waals surface area contributed by atoms with E-state index in [0.29, 0.717) is 23.7 Å². The van der Waals surface area contributed by atoms with Crippen molar-refractivity contribution in [2.45, 2.75) is 13.5 Å². The highest BCUT2D eigenvalue weighted by Gasteiger charge is 2.14. The fraction of sp³-hybridized carbons (Fsp3) is 0.231. The zero-order chi connectivity index (χ0) is 13.4. The van der Waals surface area contributed by atoms with Gasteiger partial charge >= 0.3 is 5.69 Å². The first kappa shape index (κ1) is 11.6. The molecule has 3 rings (SSSR count). The van der Waals surface area contributed by atoms with Crippen molar-refractivity contribution >= 4 is 11.3 Å². The Hall–Kier alpha value is -2.50. The molecule has 2 aromatic heterocycles. The summed E-state index contributed by atoms with van der Waals surface area (Å²) >= 11 is 0. The minimum absolute atomic E-state index is 0.121. The Kier molecular flexibility index (Phi) is 2.63. The van der Waals surface area contributed by atoms with Gasteiger partial charge in [0.05, 0.1) is 0 Å². The summed E-state index contributed by atoms with van der Waals surface area (Å²) in [7, 11) is 1.68. The van der Waals surface area contributed by atoms with Crippen molar-refractivity contribution in [3.8, 4) is 11.4 Å². The molecule has 0 amide bonds. The van der Waals surface area contributed by atoms with E-state index in [2.05, 4.69) is 15.2 Å². The van der Waals surface area contributed by atoms with Crippen LogP contribution in [0.25, 0.3) is 22.7 Å². The molecule has 0 saturated heterocycles. The van der Waals surface area contributed by atoms with Crippen LogP contribution in [0, 0.1) is 0 Å². The highest BCUT2D eigenvalue weighted by molar-refractivity contribution is 5.69. The Morgan fingerprint density at radius 3 is 2.53 bits per heavy atom. The van der Waals surface area contributed by atoms with Crippen molar-refractivity contribution in [1.29, 1.82) is 0 Å². The van der Waals surface area contributed by atoms with Crippen molar-refractivity contribution in [3.05, 3.63) is 40.8 Å². The molecule has 6 nitrogen and oxygen atoms in total. The smallest absolute Gasteiger partial charge is 0.277 e. The first-order valence-corrected chi connectivity index (χ1v) is 6.07.